The smallest absolute Gasteiger partial charge is 0.314 e. The van der Waals surface area contributed by atoms with Gasteiger partial charge in [-0.3, -0.25) is 0 Å². The molecular formula is C11H17N3O. The molecule has 2 rings (SSSR count). The Balaban J connectivity index is 2.26. The van der Waals surface area contributed by atoms with Crippen LogP contribution >= 0.6 is 0 Å². The van der Waals surface area contributed by atoms with Crippen molar-refractivity contribution in [2.45, 2.75) is 38.1 Å². The standard InChI is InChI=1S/C11H17N3O/c1-12-7-9-6-10(14-11(15)13-9)8-4-2-3-5-8/h6,8,12H,2-5,7H2,1H3,(H,13,14,15). The molecule has 0 unspecified atom stereocenters. The van der Waals surface area contributed by atoms with Crippen LogP contribution in [0.2, 0.25) is 0 Å². The first-order valence-corrected chi connectivity index (χ1v) is 5.54. The number of rotatable bonds is 3. The molecule has 1 saturated carbocycles. The van der Waals surface area contributed by atoms with E-state index in [9.17, 15) is 4.79 Å². The van der Waals surface area contributed by atoms with Gasteiger partial charge < -0.3 is 10.3 Å². The molecule has 0 aliphatic heterocycles. The van der Waals surface area contributed by atoms with Crippen LogP contribution in [0.5, 0.6) is 0 Å². The first-order chi connectivity index (χ1) is 7.29. The second-order valence-electron chi connectivity index (χ2n) is 4.15. The minimum Gasteiger partial charge on any atom is -0.314 e. The van der Waals surface area contributed by atoms with Gasteiger partial charge in [0, 0.05) is 18.2 Å². The first-order valence-electron chi connectivity index (χ1n) is 5.54. The monoisotopic (exact) mass is 207 g/mol. The second-order valence-corrected chi connectivity index (χ2v) is 4.15. The molecule has 0 atom stereocenters. The Morgan fingerprint density at radius 3 is 2.93 bits per heavy atom. The first kappa shape index (κ1) is 10.4. The van der Waals surface area contributed by atoms with E-state index in [-0.39, 0.29) is 5.69 Å². The molecule has 0 spiro atoms. The predicted molar refractivity (Wildman–Crippen MR) is 58.8 cm³/mol. The van der Waals surface area contributed by atoms with Crippen molar-refractivity contribution < 1.29 is 0 Å². The Labute approximate surface area is 89.1 Å². The summed E-state index contributed by atoms with van der Waals surface area (Å²) in [5.74, 6) is 0.503. The molecular weight excluding hydrogens is 190 g/mol. The highest BCUT2D eigenvalue weighted by atomic mass is 16.1. The van der Waals surface area contributed by atoms with Gasteiger partial charge in [0.05, 0.1) is 5.69 Å². The van der Waals surface area contributed by atoms with Crippen molar-refractivity contribution >= 4 is 0 Å². The van der Waals surface area contributed by atoms with Gasteiger partial charge in [-0.1, -0.05) is 12.8 Å². The highest BCUT2D eigenvalue weighted by molar-refractivity contribution is 5.13. The second kappa shape index (κ2) is 4.57. The Morgan fingerprint density at radius 1 is 1.53 bits per heavy atom. The zero-order valence-electron chi connectivity index (χ0n) is 9.05. The van der Waals surface area contributed by atoms with Crippen molar-refractivity contribution in [3.05, 3.63) is 27.9 Å². The number of aromatic amines is 1. The number of hydrogen-bond donors (Lipinski definition) is 2. The highest BCUT2D eigenvalue weighted by Gasteiger charge is 2.19. The van der Waals surface area contributed by atoms with Crippen LogP contribution in [0.15, 0.2) is 10.9 Å². The number of nitrogens with zero attached hydrogens (tertiary/aromatic N) is 1. The molecule has 4 heteroatoms. The predicted octanol–water partition coefficient (Wildman–Crippen LogP) is 1.15. The van der Waals surface area contributed by atoms with E-state index < -0.39 is 0 Å². The van der Waals surface area contributed by atoms with Crippen LogP contribution in [0.1, 0.15) is 43.0 Å². The summed E-state index contributed by atoms with van der Waals surface area (Å²) in [4.78, 5) is 18.2. The van der Waals surface area contributed by atoms with E-state index in [0.29, 0.717) is 12.5 Å². The zero-order valence-corrected chi connectivity index (χ0v) is 9.05. The van der Waals surface area contributed by atoms with Crippen molar-refractivity contribution in [3.8, 4) is 0 Å². The highest BCUT2D eigenvalue weighted by Crippen LogP contribution is 2.32. The third-order valence-corrected chi connectivity index (χ3v) is 2.96. The molecule has 82 valence electrons. The van der Waals surface area contributed by atoms with Crippen molar-refractivity contribution in [2.24, 2.45) is 0 Å². The molecule has 15 heavy (non-hydrogen) atoms. The molecule has 0 bridgehead atoms. The van der Waals surface area contributed by atoms with Crippen LogP contribution in [0.4, 0.5) is 0 Å². The van der Waals surface area contributed by atoms with E-state index >= 15 is 0 Å². The molecule has 1 aromatic heterocycles. The van der Waals surface area contributed by atoms with Crippen LogP contribution in [0.3, 0.4) is 0 Å². The van der Waals surface area contributed by atoms with E-state index in [1.165, 1.54) is 25.7 Å². The SMILES string of the molecule is CNCc1cc(C2CCCC2)nc(=O)[nH]1. The molecule has 2 N–H and O–H groups in total. The van der Waals surface area contributed by atoms with E-state index in [1.54, 1.807) is 0 Å². The average molecular weight is 207 g/mol. The zero-order chi connectivity index (χ0) is 10.7. The van der Waals surface area contributed by atoms with Crippen LogP contribution < -0.4 is 11.0 Å². The molecule has 0 aromatic carbocycles. The van der Waals surface area contributed by atoms with E-state index in [1.807, 2.05) is 13.1 Å². The van der Waals surface area contributed by atoms with Crippen LogP contribution in [0, 0.1) is 0 Å². The summed E-state index contributed by atoms with van der Waals surface area (Å²) in [6, 6.07) is 2.02. The maximum atomic E-state index is 11.3. The van der Waals surface area contributed by atoms with Gasteiger partial charge in [-0.15, -0.1) is 0 Å². The van der Waals surface area contributed by atoms with Gasteiger partial charge in [-0.05, 0) is 26.0 Å². The minimum atomic E-state index is -0.218. The number of nitrogens with one attached hydrogen (secondary N) is 2. The normalized spacial score (nSPS) is 17.1. The Kier molecular flexibility index (Phi) is 3.16. The fraction of sp³-hybridized carbons (Fsp3) is 0.636. The molecule has 0 radical (unpaired) electrons. The van der Waals surface area contributed by atoms with Gasteiger partial charge in [0.1, 0.15) is 0 Å². The average Bonchev–Trinajstić information content (AvgIpc) is 2.70. The Morgan fingerprint density at radius 2 is 2.27 bits per heavy atom. The van der Waals surface area contributed by atoms with Gasteiger partial charge in [-0.2, -0.15) is 4.98 Å². The van der Waals surface area contributed by atoms with E-state index in [2.05, 4.69) is 15.3 Å². The van der Waals surface area contributed by atoms with Gasteiger partial charge in [0.2, 0.25) is 0 Å². The number of aromatic nitrogens is 2. The molecule has 4 nitrogen and oxygen atoms in total. The fourth-order valence-corrected chi connectivity index (χ4v) is 2.25. The summed E-state index contributed by atoms with van der Waals surface area (Å²) in [5.41, 5.74) is 1.69. The largest absolute Gasteiger partial charge is 0.345 e. The maximum Gasteiger partial charge on any atom is 0.345 e. The minimum absolute atomic E-state index is 0.218. The Bertz CT molecular complexity index is 380. The summed E-state index contributed by atoms with van der Waals surface area (Å²) < 4.78 is 0. The van der Waals surface area contributed by atoms with Crippen molar-refractivity contribution in [3.63, 3.8) is 0 Å². The van der Waals surface area contributed by atoms with Crippen LogP contribution in [-0.2, 0) is 6.54 Å². The lowest BCUT2D eigenvalue weighted by Crippen LogP contribution is -2.19. The van der Waals surface area contributed by atoms with Gasteiger partial charge in [-0.25, -0.2) is 4.79 Å². The van der Waals surface area contributed by atoms with Crippen molar-refractivity contribution in [1.82, 2.24) is 15.3 Å². The lowest BCUT2D eigenvalue weighted by molar-refractivity contribution is 0.677. The lowest BCUT2D eigenvalue weighted by Gasteiger charge is -2.09. The third-order valence-electron chi connectivity index (χ3n) is 2.96. The van der Waals surface area contributed by atoms with Crippen LogP contribution in [0.25, 0.3) is 0 Å². The molecule has 0 saturated heterocycles. The lowest BCUT2D eigenvalue weighted by atomic mass is 10.0. The number of H-pyrrole nitrogens is 1. The number of hydrogen-bond acceptors (Lipinski definition) is 3. The summed E-state index contributed by atoms with van der Waals surface area (Å²) in [7, 11) is 1.87. The summed E-state index contributed by atoms with van der Waals surface area (Å²) in [5, 5.41) is 3.03. The van der Waals surface area contributed by atoms with Gasteiger partial charge >= 0.3 is 5.69 Å². The van der Waals surface area contributed by atoms with E-state index in [0.717, 1.165) is 11.4 Å². The topological polar surface area (TPSA) is 57.8 Å². The quantitative estimate of drug-likeness (QED) is 0.781. The summed E-state index contributed by atoms with van der Waals surface area (Å²) in [6.07, 6.45) is 4.88. The summed E-state index contributed by atoms with van der Waals surface area (Å²) in [6.45, 7) is 0.692. The molecule has 1 aliphatic carbocycles. The maximum absolute atomic E-state index is 11.3. The van der Waals surface area contributed by atoms with Gasteiger partial charge in [0.25, 0.3) is 0 Å². The summed E-state index contributed by atoms with van der Waals surface area (Å²) >= 11 is 0. The van der Waals surface area contributed by atoms with E-state index in [4.69, 9.17) is 0 Å². The molecule has 1 fully saturated rings. The van der Waals surface area contributed by atoms with Gasteiger partial charge in [0.15, 0.2) is 0 Å². The van der Waals surface area contributed by atoms with Crippen molar-refractivity contribution in [2.75, 3.05) is 7.05 Å². The van der Waals surface area contributed by atoms with Crippen LogP contribution in [-0.4, -0.2) is 17.0 Å². The molecule has 0 amide bonds. The Hall–Kier alpha value is -1.16. The fourth-order valence-electron chi connectivity index (χ4n) is 2.25. The molecule has 1 aliphatic rings. The molecule has 1 heterocycles. The third kappa shape index (κ3) is 2.45. The molecule has 1 aromatic rings. The van der Waals surface area contributed by atoms with Crippen molar-refractivity contribution in [1.29, 1.82) is 0 Å².